The third-order valence-electron chi connectivity index (χ3n) is 6.79. The zero-order valence-corrected chi connectivity index (χ0v) is 19.6. The molecular weight excluding hydrogens is 400 g/mol. The van der Waals surface area contributed by atoms with Gasteiger partial charge >= 0.3 is 6.03 Å². The fourth-order valence-corrected chi connectivity index (χ4v) is 4.95. The molecule has 170 valence electrons. The minimum atomic E-state index is -0.0529. The Hall–Kier alpha value is -2.89. The number of amides is 3. The number of carbonyl (C=O) groups excluding carboxylic acids is 2. The lowest BCUT2D eigenvalue weighted by molar-refractivity contribution is -0.128. The Balaban J connectivity index is 1.41. The van der Waals surface area contributed by atoms with Crippen LogP contribution in [0.2, 0.25) is 0 Å². The zero-order chi connectivity index (χ0) is 22.9. The van der Waals surface area contributed by atoms with Crippen LogP contribution in [0.25, 0.3) is 0 Å². The monoisotopic (exact) mass is 434 g/mol. The van der Waals surface area contributed by atoms with E-state index in [1.165, 1.54) is 16.7 Å². The number of fused-ring (bicyclic) bond motifs is 1. The summed E-state index contributed by atoms with van der Waals surface area (Å²) >= 11 is 0. The second-order valence-electron chi connectivity index (χ2n) is 9.97. The molecule has 4 rings (SSSR count). The highest BCUT2D eigenvalue weighted by molar-refractivity contribution is 5.80. The molecule has 32 heavy (non-hydrogen) atoms. The van der Waals surface area contributed by atoms with Gasteiger partial charge in [-0.25, -0.2) is 4.79 Å². The number of nitrogens with zero attached hydrogens (tertiary/aromatic N) is 3. The predicted molar refractivity (Wildman–Crippen MR) is 125 cm³/mol. The van der Waals surface area contributed by atoms with Gasteiger partial charge in [0.2, 0.25) is 5.91 Å². The van der Waals surface area contributed by atoms with Crippen molar-refractivity contribution in [3.8, 4) is 0 Å². The summed E-state index contributed by atoms with van der Waals surface area (Å²) in [5.74, 6) is 0.184. The number of benzene rings is 1. The third kappa shape index (κ3) is 4.50. The normalized spacial score (nSPS) is 20.9. The second-order valence-corrected chi connectivity index (χ2v) is 9.97. The van der Waals surface area contributed by atoms with Gasteiger partial charge in [-0.3, -0.25) is 9.78 Å². The Morgan fingerprint density at radius 3 is 2.72 bits per heavy atom. The minimum Gasteiger partial charge on any atom is -0.338 e. The number of urea groups is 1. The highest BCUT2D eigenvalue weighted by atomic mass is 16.2. The fraction of sp³-hybridized carbons (Fsp3) is 0.500. The lowest BCUT2D eigenvalue weighted by atomic mass is 9.84. The molecule has 2 atom stereocenters. The Morgan fingerprint density at radius 1 is 1.22 bits per heavy atom. The number of aromatic nitrogens is 1. The van der Waals surface area contributed by atoms with E-state index in [4.69, 9.17) is 0 Å². The second kappa shape index (κ2) is 8.93. The Bertz CT molecular complexity index is 983. The van der Waals surface area contributed by atoms with Gasteiger partial charge in [0.05, 0.1) is 6.04 Å². The molecule has 3 amide bonds. The predicted octanol–water partition coefficient (Wildman–Crippen LogP) is 4.06. The lowest BCUT2D eigenvalue weighted by Gasteiger charge is -2.32. The Morgan fingerprint density at radius 2 is 2.03 bits per heavy atom. The molecule has 0 radical (unpaired) electrons. The van der Waals surface area contributed by atoms with Crippen molar-refractivity contribution in [2.45, 2.75) is 58.5 Å². The summed E-state index contributed by atoms with van der Waals surface area (Å²) in [5.41, 5.74) is 5.06. The van der Waals surface area contributed by atoms with Gasteiger partial charge in [0, 0.05) is 50.9 Å². The quantitative estimate of drug-likeness (QED) is 0.789. The van der Waals surface area contributed by atoms with Gasteiger partial charge in [-0.2, -0.15) is 0 Å². The first-order valence-corrected chi connectivity index (χ1v) is 11.6. The van der Waals surface area contributed by atoms with Crippen LogP contribution in [0.3, 0.4) is 0 Å². The van der Waals surface area contributed by atoms with Crippen molar-refractivity contribution in [3.05, 3.63) is 65.0 Å². The van der Waals surface area contributed by atoms with Gasteiger partial charge in [0.25, 0.3) is 0 Å². The number of rotatable bonds is 4. The molecule has 1 fully saturated rings. The first-order chi connectivity index (χ1) is 15.3. The van der Waals surface area contributed by atoms with Crippen LogP contribution in [0.15, 0.2) is 42.7 Å². The van der Waals surface area contributed by atoms with E-state index in [1.807, 2.05) is 35.1 Å². The topological polar surface area (TPSA) is 65.5 Å². The van der Waals surface area contributed by atoms with Crippen LogP contribution in [0.5, 0.6) is 0 Å². The van der Waals surface area contributed by atoms with E-state index in [0.29, 0.717) is 32.6 Å². The van der Waals surface area contributed by atoms with Crippen molar-refractivity contribution in [1.82, 2.24) is 20.1 Å². The van der Waals surface area contributed by atoms with Crippen molar-refractivity contribution >= 4 is 11.9 Å². The largest absolute Gasteiger partial charge is 0.338 e. The molecule has 6 nitrogen and oxygen atoms in total. The van der Waals surface area contributed by atoms with Crippen LogP contribution in [0.4, 0.5) is 4.79 Å². The maximum atomic E-state index is 13.0. The minimum absolute atomic E-state index is 0.0422. The molecular formula is C26H34N4O2. The van der Waals surface area contributed by atoms with Crippen molar-refractivity contribution in [2.75, 3.05) is 19.6 Å². The lowest BCUT2D eigenvalue weighted by Crippen LogP contribution is -2.44. The highest BCUT2D eigenvalue weighted by Gasteiger charge is 2.40. The number of hydrogen-bond acceptors (Lipinski definition) is 3. The van der Waals surface area contributed by atoms with Gasteiger partial charge < -0.3 is 15.1 Å². The van der Waals surface area contributed by atoms with Crippen LogP contribution >= 0.6 is 0 Å². The van der Waals surface area contributed by atoms with Crippen molar-refractivity contribution in [3.63, 3.8) is 0 Å². The number of pyridine rings is 1. The summed E-state index contributed by atoms with van der Waals surface area (Å²) < 4.78 is 0. The smallest absolute Gasteiger partial charge is 0.317 e. The molecule has 1 N–H and O–H groups in total. The molecule has 0 aliphatic carbocycles. The van der Waals surface area contributed by atoms with Crippen LogP contribution in [0, 0.1) is 5.92 Å². The van der Waals surface area contributed by atoms with Crippen LogP contribution in [-0.2, 0) is 23.2 Å². The SMILES string of the molecule is CCN1C(=O)C[C@H](CNC(=O)N2CCc3cc(C(C)(C)C)ccc3C2)[C@H]1c1cccnc1. The van der Waals surface area contributed by atoms with Gasteiger partial charge in [-0.15, -0.1) is 0 Å². The zero-order valence-electron chi connectivity index (χ0n) is 19.6. The molecule has 2 aliphatic rings. The molecule has 1 aromatic heterocycles. The third-order valence-corrected chi connectivity index (χ3v) is 6.79. The van der Waals surface area contributed by atoms with E-state index in [1.54, 1.807) is 6.20 Å². The molecule has 1 saturated heterocycles. The van der Waals surface area contributed by atoms with Gasteiger partial charge in [0.15, 0.2) is 0 Å². The highest BCUT2D eigenvalue weighted by Crippen LogP contribution is 2.37. The van der Waals surface area contributed by atoms with Gasteiger partial charge in [-0.1, -0.05) is 45.0 Å². The molecule has 2 aliphatic heterocycles. The number of carbonyl (C=O) groups is 2. The standard InChI is InChI=1S/C26H34N4O2/c1-5-30-23(31)14-21(24(30)19-7-6-11-27-15-19)16-28-25(32)29-12-10-18-13-22(26(2,3)4)9-8-20(18)17-29/h6-9,11,13,15,21,24H,5,10,12,14,16-17H2,1-4H3,(H,28,32)/t21-,24-/m1/s1. The maximum Gasteiger partial charge on any atom is 0.317 e. The van der Waals surface area contributed by atoms with E-state index < -0.39 is 0 Å². The van der Waals surface area contributed by atoms with E-state index in [9.17, 15) is 9.59 Å². The van der Waals surface area contributed by atoms with Crippen molar-refractivity contribution in [2.24, 2.45) is 5.92 Å². The van der Waals surface area contributed by atoms with E-state index >= 15 is 0 Å². The molecule has 0 bridgehead atoms. The summed E-state index contributed by atoms with van der Waals surface area (Å²) in [6.07, 6.45) is 4.89. The van der Waals surface area contributed by atoms with E-state index in [0.717, 1.165) is 12.0 Å². The summed E-state index contributed by atoms with van der Waals surface area (Å²) in [5, 5.41) is 3.11. The molecule has 0 spiro atoms. The average Bonchev–Trinajstić information content (AvgIpc) is 3.11. The first-order valence-electron chi connectivity index (χ1n) is 11.6. The summed E-state index contributed by atoms with van der Waals surface area (Å²) in [4.78, 5) is 33.6. The number of nitrogens with one attached hydrogen (secondary N) is 1. The van der Waals surface area contributed by atoms with Crippen LogP contribution in [0.1, 0.15) is 62.4 Å². The van der Waals surface area contributed by atoms with Gasteiger partial charge in [0.1, 0.15) is 0 Å². The average molecular weight is 435 g/mol. The Kier molecular flexibility index (Phi) is 6.22. The molecule has 3 heterocycles. The summed E-state index contributed by atoms with van der Waals surface area (Å²) in [6.45, 7) is 11.1. The number of likely N-dealkylation sites (tertiary alicyclic amines) is 1. The van der Waals surface area contributed by atoms with E-state index in [2.05, 4.69) is 49.3 Å². The fourth-order valence-electron chi connectivity index (χ4n) is 4.95. The molecule has 1 aromatic carbocycles. The summed E-state index contributed by atoms with van der Waals surface area (Å²) in [6, 6.07) is 10.5. The van der Waals surface area contributed by atoms with Crippen LogP contribution in [-0.4, -0.2) is 46.4 Å². The Labute approximate surface area is 191 Å². The van der Waals surface area contributed by atoms with E-state index in [-0.39, 0.29) is 29.3 Å². The molecule has 6 heteroatoms. The molecule has 2 aromatic rings. The number of hydrogen-bond donors (Lipinski definition) is 1. The molecule has 0 unspecified atom stereocenters. The van der Waals surface area contributed by atoms with Crippen molar-refractivity contribution < 1.29 is 9.59 Å². The van der Waals surface area contributed by atoms with Crippen molar-refractivity contribution in [1.29, 1.82) is 0 Å². The maximum absolute atomic E-state index is 13.0. The first kappa shape index (κ1) is 22.3. The van der Waals surface area contributed by atoms with Crippen LogP contribution < -0.4 is 5.32 Å². The van der Waals surface area contributed by atoms with Gasteiger partial charge in [-0.05, 0) is 47.1 Å². The molecule has 0 saturated carbocycles. The summed E-state index contributed by atoms with van der Waals surface area (Å²) in [7, 11) is 0.